The van der Waals surface area contributed by atoms with E-state index in [1.807, 2.05) is 7.05 Å². The Morgan fingerprint density at radius 2 is 2.05 bits per heavy atom. The number of ether oxygens (including phenoxy) is 1. The topological polar surface area (TPSA) is 87.2 Å². The van der Waals surface area contributed by atoms with Gasteiger partial charge >= 0.3 is 0 Å². The van der Waals surface area contributed by atoms with Gasteiger partial charge in [0.1, 0.15) is 28.1 Å². The van der Waals surface area contributed by atoms with Gasteiger partial charge in [-0.1, -0.05) is 23.2 Å². The number of imidazole rings is 1. The molecule has 2 aromatic rings. The van der Waals surface area contributed by atoms with Gasteiger partial charge in [-0.3, -0.25) is 0 Å². The molecule has 0 aliphatic carbocycles. The molecule has 2 rings (SSSR count). The van der Waals surface area contributed by atoms with Crippen molar-refractivity contribution in [3.63, 3.8) is 0 Å². The largest absolute Gasteiger partial charge is 0.484 e. The lowest BCUT2D eigenvalue weighted by Crippen LogP contribution is -2.13. The summed E-state index contributed by atoms with van der Waals surface area (Å²) < 4.78 is 29.8. The summed E-state index contributed by atoms with van der Waals surface area (Å²) in [6.45, 7) is 0.175. The first-order valence-electron chi connectivity index (χ1n) is 5.40. The Hall–Kier alpha value is -1.28. The maximum Gasteiger partial charge on any atom is 0.239 e. The lowest BCUT2D eigenvalue weighted by atomic mass is 10.3. The van der Waals surface area contributed by atoms with E-state index in [1.165, 1.54) is 12.1 Å². The summed E-state index contributed by atoms with van der Waals surface area (Å²) in [6.07, 6.45) is 3.41. The number of hydrogen-bond acceptors (Lipinski definition) is 4. The summed E-state index contributed by atoms with van der Waals surface area (Å²) in [5.41, 5.74) is 0. The highest BCUT2D eigenvalue weighted by molar-refractivity contribution is 7.89. The molecule has 0 saturated heterocycles. The predicted molar refractivity (Wildman–Crippen MR) is 75.4 cm³/mol. The number of nitrogens with two attached hydrogens (primary N) is 1. The van der Waals surface area contributed by atoms with Crippen molar-refractivity contribution in [2.45, 2.75) is 11.5 Å². The molecular formula is C11H11Cl2N3O3S. The van der Waals surface area contributed by atoms with Crippen LogP contribution in [0.4, 0.5) is 0 Å². The molecular weight excluding hydrogens is 325 g/mol. The van der Waals surface area contributed by atoms with Crippen LogP contribution in [0.1, 0.15) is 5.82 Å². The van der Waals surface area contributed by atoms with Gasteiger partial charge in [0, 0.05) is 19.4 Å². The number of hydrogen-bond donors (Lipinski definition) is 1. The van der Waals surface area contributed by atoms with Crippen LogP contribution in [0.25, 0.3) is 0 Å². The normalized spacial score (nSPS) is 11.6. The van der Waals surface area contributed by atoms with Crippen LogP contribution in [0, 0.1) is 0 Å². The predicted octanol–water partition coefficient (Wildman–Crippen LogP) is 1.95. The maximum absolute atomic E-state index is 11.3. The molecule has 0 amide bonds. The fraction of sp³-hybridized carbons (Fsp3) is 0.182. The third-order valence-corrected chi connectivity index (χ3v) is 4.53. The van der Waals surface area contributed by atoms with Gasteiger partial charge in [-0.15, -0.1) is 0 Å². The van der Waals surface area contributed by atoms with Gasteiger partial charge in [-0.25, -0.2) is 18.5 Å². The number of sulfonamides is 1. The molecule has 0 fully saturated rings. The van der Waals surface area contributed by atoms with Crippen molar-refractivity contribution < 1.29 is 13.2 Å². The first-order chi connectivity index (χ1) is 9.30. The smallest absolute Gasteiger partial charge is 0.239 e. The van der Waals surface area contributed by atoms with Gasteiger partial charge < -0.3 is 9.30 Å². The minimum absolute atomic E-state index is 0.00704. The number of primary sulfonamides is 1. The summed E-state index contributed by atoms with van der Waals surface area (Å²) in [5, 5.41) is 4.85. The summed E-state index contributed by atoms with van der Waals surface area (Å²) in [6, 6.07) is 2.65. The number of aryl methyl sites for hydroxylation is 1. The first kappa shape index (κ1) is 15.1. The van der Waals surface area contributed by atoms with Crippen LogP contribution in [0.2, 0.25) is 10.0 Å². The summed E-state index contributed by atoms with van der Waals surface area (Å²) in [7, 11) is -2.10. The van der Waals surface area contributed by atoms with E-state index in [9.17, 15) is 8.42 Å². The molecule has 0 unspecified atom stereocenters. The molecule has 20 heavy (non-hydrogen) atoms. The highest BCUT2D eigenvalue weighted by Crippen LogP contribution is 2.36. The Morgan fingerprint density at radius 1 is 1.35 bits per heavy atom. The molecule has 0 bridgehead atoms. The summed E-state index contributed by atoms with van der Waals surface area (Å²) in [5.74, 6) is 0.944. The second kappa shape index (κ2) is 5.61. The lowest BCUT2D eigenvalue weighted by molar-refractivity contribution is 0.292. The minimum Gasteiger partial charge on any atom is -0.484 e. The van der Waals surface area contributed by atoms with Crippen molar-refractivity contribution in [1.29, 1.82) is 0 Å². The molecule has 0 aliphatic rings. The van der Waals surface area contributed by atoms with Crippen molar-refractivity contribution in [3.8, 4) is 5.75 Å². The van der Waals surface area contributed by atoms with E-state index in [0.717, 1.165) is 0 Å². The molecule has 0 aliphatic heterocycles. The zero-order chi connectivity index (χ0) is 14.9. The molecule has 0 atom stereocenters. The van der Waals surface area contributed by atoms with Crippen LogP contribution in [-0.2, 0) is 23.7 Å². The molecule has 1 aromatic carbocycles. The molecule has 1 heterocycles. The number of nitrogens with zero attached hydrogens (tertiary/aromatic N) is 2. The molecule has 1 aromatic heterocycles. The molecule has 2 N–H and O–H groups in total. The third-order valence-electron chi connectivity index (χ3n) is 2.60. The highest BCUT2D eigenvalue weighted by atomic mass is 35.5. The Morgan fingerprint density at radius 3 is 2.60 bits per heavy atom. The molecule has 0 radical (unpaired) electrons. The van der Waals surface area contributed by atoms with Gasteiger partial charge in [-0.05, 0) is 12.1 Å². The zero-order valence-electron chi connectivity index (χ0n) is 10.4. The van der Waals surface area contributed by atoms with Gasteiger partial charge in [0.05, 0.1) is 5.02 Å². The van der Waals surface area contributed by atoms with Crippen molar-refractivity contribution in [2.75, 3.05) is 0 Å². The van der Waals surface area contributed by atoms with Crippen molar-refractivity contribution >= 4 is 33.2 Å². The SMILES string of the molecule is Cn1ccnc1COc1ccc(S(N)(=O)=O)c(Cl)c1Cl. The zero-order valence-corrected chi connectivity index (χ0v) is 12.7. The number of benzene rings is 1. The van der Waals surface area contributed by atoms with E-state index < -0.39 is 10.0 Å². The van der Waals surface area contributed by atoms with Gasteiger partial charge in [-0.2, -0.15) is 0 Å². The van der Waals surface area contributed by atoms with Crippen LogP contribution in [0.15, 0.2) is 29.4 Å². The molecule has 0 saturated carbocycles. The number of halogens is 2. The lowest BCUT2D eigenvalue weighted by Gasteiger charge is -2.11. The highest BCUT2D eigenvalue weighted by Gasteiger charge is 2.18. The Kier molecular flexibility index (Phi) is 4.24. The van der Waals surface area contributed by atoms with Crippen LogP contribution in [0.3, 0.4) is 0 Å². The Balaban J connectivity index is 2.27. The second-order valence-electron chi connectivity index (χ2n) is 3.98. The van der Waals surface area contributed by atoms with Crippen molar-refractivity contribution in [1.82, 2.24) is 9.55 Å². The fourth-order valence-electron chi connectivity index (χ4n) is 1.52. The molecule has 108 valence electrons. The Bertz CT molecular complexity index is 743. The van der Waals surface area contributed by atoms with E-state index in [-0.39, 0.29) is 27.3 Å². The van der Waals surface area contributed by atoms with E-state index in [2.05, 4.69) is 4.98 Å². The van der Waals surface area contributed by atoms with Crippen LogP contribution >= 0.6 is 23.2 Å². The van der Waals surface area contributed by atoms with E-state index in [0.29, 0.717) is 5.82 Å². The van der Waals surface area contributed by atoms with E-state index in [4.69, 9.17) is 33.1 Å². The maximum atomic E-state index is 11.3. The fourth-order valence-corrected chi connectivity index (χ4v) is 2.89. The number of rotatable bonds is 4. The standard InChI is InChI=1S/C11H11Cl2N3O3S/c1-16-5-4-15-9(16)6-19-7-2-3-8(20(14,17)18)11(13)10(7)12/h2-5H,6H2,1H3,(H2,14,17,18). The average Bonchev–Trinajstić information content (AvgIpc) is 2.75. The van der Waals surface area contributed by atoms with Crippen molar-refractivity contribution in [2.24, 2.45) is 12.2 Å². The third kappa shape index (κ3) is 3.06. The number of aromatic nitrogens is 2. The minimum atomic E-state index is -3.93. The summed E-state index contributed by atoms with van der Waals surface area (Å²) in [4.78, 5) is 3.84. The van der Waals surface area contributed by atoms with Crippen LogP contribution in [-0.4, -0.2) is 18.0 Å². The van der Waals surface area contributed by atoms with Gasteiger partial charge in [0.25, 0.3) is 0 Å². The van der Waals surface area contributed by atoms with Crippen molar-refractivity contribution in [3.05, 3.63) is 40.4 Å². The van der Waals surface area contributed by atoms with Gasteiger partial charge in [0.15, 0.2) is 0 Å². The van der Waals surface area contributed by atoms with E-state index >= 15 is 0 Å². The average molecular weight is 336 g/mol. The van der Waals surface area contributed by atoms with Gasteiger partial charge in [0.2, 0.25) is 10.0 Å². The molecule has 9 heteroatoms. The monoisotopic (exact) mass is 335 g/mol. The molecule has 0 spiro atoms. The van der Waals surface area contributed by atoms with Crippen LogP contribution in [0.5, 0.6) is 5.75 Å². The summed E-state index contributed by atoms with van der Waals surface area (Å²) >= 11 is 11.9. The Labute approximate surface area is 126 Å². The first-order valence-corrected chi connectivity index (χ1v) is 7.70. The van der Waals surface area contributed by atoms with Crippen LogP contribution < -0.4 is 9.88 Å². The quantitative estimate of drug-likeness (QED) is 0.924. The van der Waals surface area contributed by atoms with E-state index in [1.54, 1.807) is 17.0 Å². The second-order valence-corrected chi connectivity index (χ2v) is 6.26. The molecule has 6 nitrogen and oxygen atoms in total.